The predicted octanol–water partition coefficient (Wildman–Crippen LogP) is 3.63. The Morgan fingerprint density at radius 3 is 2.57 bits per heavy atom. The second-order valence-corrected chi connectivity index (χ2v) is 6.88. The molecule has 28 heavy (non-hydrogen) atoms. The number of nitrogens with zero attached hydrogens (tertiary/aromatic N) is 2. The van der Waals surface area contributed by atoms with Crippen LogP contribution in [0.15, 0.2) is 47.1 Å². The lowest BCUT2D eigenvalue weighted by Gasteiger charge is -2.23. The molecule has 2 atom stereocenters. The van der Waals surface area contributed by atoms with Gasteiger partial charge in [-0.3, -0.25) is 9.59 Å². The first-order chi connectivity index (χ1) is 13.2. The van der Waals surface area contributed by atoms with Gasteiger partial charge < -0.3 is 14.2 Å². The molecule has 0 unspecified atom stereocenters. The topological polar surface area (TPSA) is 53.8 Å². The molecule has 1 saturated heterocycles. The SMILES string of the molecule is CCN(C)C(=O)[C@@H]1CN(C(=O)c2ccco2)C[C@@H]1c1cccc(C(F)(F)F)c1. The van der Waals surface area contributed by atoms with Gasteiger partial charge in [0.25, 0.3) is 5.91 Å². The van der Waals surface area contributed by atoms with Gasteiger partial charge in [0.1, 0.15) is 0 Å². The number of rotatable bonds is 4. The summed E-state index contributed by atoms with van der Waals surface area (Å²) in [5.74, 6) is -1.58. The lowest BCUT2D eigenvalue weighted by atomic mass is 9.87. The van der Waals surface area contributed by atoms with E-state index < -0.39 is 23.6 Å². The van der Waals surface area contributed by atoms with E-state index in [1.807, 2.05) is 6.92 Å². The summed E-state index contributed by atoms with van der Waals surface area (Å²) < 4.78 is 44.5. The fourth-order valence-electron chi connectivity index (χ4n) is 3.50. The number of alkyl halides is 3. The maximum absolute atomic E-state index is 13.1. The van der Waals surface area contributed by atoms with E-state index in [9.17, 15) is 22.8 Å². The minimum atomic E-state index is -4.47. The lowest BCUT2D eigenvalue weighted by molar-refractivity contribution is -0.137. The average molecular weight is 394 g/mol. The monoisotopic (exact) mass is 394 g/mol. The first-order valence-electron chi connectivity index (χ1n) is 8.97. The second-order valence-electron chi connectivity index (χ2n) is 6.88. The van der Waals surface area contributed by atoms with Crippen molar-refractivity contribution >= 4 is 11.8 Å². The standard InChI is InChI=1S/C20H21F3N2O3/c1-3-24(2)18(26)16-12-25(19(27)17-8-5-9-28-17)11-15(16)13-6-4-7-14(10-13)20(21,22)23/h4-10,15-16H,3,11-12H2,1-2H3/t15-,16-/m1/s1. The van der Waals surface area contributed by atoms with Crippen molar-refractivity contribution in [3.63, 3.8) is 0 Å². The number of hydrogen-bond acceptors (Lipinski definition) is 3. The summed E-state index contributed by atoms with van der Waals surface area (Å²) in [4.78, 5) is 28.5. The lowest BCUT2D eigenvalue weighted by Crippen LogP contribution is -2.36. The molecule has 0 radical (unpaired) electrons. The highest BCUT2D eigenvalue weighted by atomic mass is 19.4. The maximum atomic E-state index is 13.1. The van der Waals surface area contributed by atoms with E-state index in [0.29, 0.717) is 12.1 Å². The van der Waals surface area contributed by atoms with Crippen LogP contribution in [0.2, 0.25) is 0 Å². The molecule has 150 valence electrons. The van der Waals surface area contributed by atoms with Gasteiger partial charge in [-0.25, -0.2) is 0 Å². The molecule has 1 fully saturated rings. The minimum Gasteiger partial charge on any atom is -0.459 e. The van der Waals surface area contributed by atoms with Crippen molar-refractivity contribution in [2.24, 2.45) is 5.92 Å². The number of furan rings is 1. The molecule has 0 N–H and O–H groups in total. The van der Waals surface area contributed by atoms with Crippen LogP contribution in [-0.2, 0) is 11.0 Å². The first kappa shape index (κ1) is 20.0. The Kier molecular flexibility index (Phi) is 5.49. The van der Waals surface area contributed by atoms with Crippen molar-refractivity contribution in [2.45, 2.75) is 19.0 Å². The van der Waals surface area contributed by atoms with Crippen LogP contribution in [0.1, 0.15) is 34.5 Å². The average Bonchev–Trinajstić information content (AvgIpc) is 3.35. The van der Waals surface area contributed by atoms with E-state index in [0.717, 1.165) is 12.1 Å². The van der Waals surface area contributed by atoms with Gasteiger partial charge in [0.2, 0.25) is 5.91 Å². The zero-order valence-electron chi connectivity index (χ0n) is 15.6. The molecule has 0 bridgehead atoms. The fourth-order valence-corrected chi connectivity index (χ4v) is 3.50. The number of likely N-dealkylation sites (tertiary alicyclic amines) is 1. The van der Waals surface area contributed by atoms with Gasteiger partial charge in [-0.1, -0.05) is 18.2 Å². The Morgan fingerprint density at radius 1 is 1.21 bits per heavy atom. The van der Waals surface area contributed by atoms with E-state index in [2.05, 4.69) is 0 Å². The molecule has 5 nitrogen and oxygen atoms in total. The van der Waals surface area contributed by atoms with Gasteiger partial charge in [0, 0.05) is 32.6 Å². The Morgan fingerprint density at radius 2 is 1.96 bits per heavy atom. The molecule has 0 spiro atoms. The van der Waals surface area contributed by atoms with Gasteiger partial charge in [-0.05, 0) is 30.7 Å². The highest BCUT2D eigenvalue weighted by Gasteiger charge is 2.42. The third-order valence-electron chi connectivity index (χ3n) is 5.15. The third kappa shape index (κ3) is 3.90. The van der Waals surface area contributed by atoms with Gasteiger partial charge in [0.05, 0.1) is 17.7 Å². The minimum absolute atomic E-state index is 0.129. The van der Waals surface area contributed by atoms with Crippen molar-refractivity contribution in [2.75, 3.05) is 26.7 Å². The van der Waals surface area contributed by atoms with Gasteiger partial charge in [-0.15, -0.1) is 0 Å². The van der Waals surface area contributed by atoms with Crippen molar-refractivity contribution < 1.29 is 27.2 Å². The summed E-state index contributed by atoms with van der Waals surface area (Å²) in [6.45, 7) is 2.56. The van der Waals surface area contributed by atoms with Gasteiger partial charge >= 0.3 is 6.18 Å². The molecule has 0 aliphatic carbocycles. The van der Waals surface area contributed by atoms with Crippen molar-refractivity contribution in [3.8, 4) is 0 Å². The maximum Gasteiger partial charge on any atom is 0.416 e. The molecule has 1 aliphatic heterocycles. The molecule has 0 saturated carbocycles. The van der Waals surface area contributed by atoms with Crippen LogP contribution in [0.4, 0.5) is 13.2 Å². The summed E-state index contributed by atoms with van der Waals surface area (Å²) in [6.07, 6.45) is -3.10. The fraction of sp³-hybridized carbons (Fsp3) is 0.400. The van der Waals surface area contributed by atoms with Crippen LogP contribution in [0.3, 0.4) is 0 Å². The quantitative estimate of drug-likeness (QED) is 0.796. The van der Waals surface area contributed by atoms with E-state index in [1.54, 1.807) is 19.2 Å². The zero-order chi connectivity index (χ0) is 20.5. The summed E-state index contributed by atoms with van der Waals surface area (Å²) in [7, 11) is 1.64. The smallest absolute Gasteiger partial charge is 0.416 e. The second kappa shape index (κ2) is 7.69. The molecule has 2 amide bonds. The molecule has 1 aliphatic rings. The highest BCUT2D eigenvalue weighted by Crippen LogP contribution is 2.37. The molecule has 3 rings (SSSR count). The van der Waals surface area contributed by atoms with Crippen molar-refractivity contribution in [3.05, 3.63) is 59.5 Å². The molecular weight excluding hydrogens is 373 g/mol. The highest BCUT2D eigenvalue weighted by molar-refractivity contribution is 5.92. The number of carbonyl (C=O) groups excluding carboxylic acids is 2. The van der Waals surface area contributed by atoms with E-state index in [4.69, 9.17) is 4.42 Å². The summed E-state index contributed by atoms with van der Waals surface area (Å²) >= 11 is 0. The van der Waals surface area contributed by atoms with E-state index in [1.165, 1.54) is 28.2 Å². The van der Waals surface area contributed by atoms with Crippen LogP contribution < -0.4 is 0 Å². The van der Waals surface area contributed by atoms with Crippen molar-refractivity contribution in [1.82, 2.24) is 9.80 Å². The number of amides is 2. The number of hydrogen-bond donors (Lipinski definition) is 0. The summed E-state index contributed by atoms with van der Waals surface area (Å²) in [5.41, 5.74) is -0.372. The Hall–Kier alpha value is -2.77. The summed E-state index contributed by atoms with van der Waals surface area (Å²) in [6, 6.07) is 8.08. The number of halogens is 3. The molecule has 2 aromatic rings. The molecule has 1 aromatic carbocycles. The van der Waals surface area contributed by atoms with Crippen molar-refractivity contribution in [1.29, 1.82) is 0 Å². The normalized spacial score (nSPS) is 19.7. The Balaban J connectivity index is 1.94. The Labute approximate surface area is 160 Å². The van der Waals surface area contributed by atoms with Crippen LogP contribution in [0.25, 0.3) is 0 Å². The third-order valence-corrected chi connectivity index (χ3v) is 5.15. The predicted molar refractivity (Wildman–Crippen MR) is 95.6 cm³/mol. The summed E-state index contributed by atoms with van der Waals surface area (Å²) in [5, 5.41) is 0. The first-order valence-corrected chi connectivity index (χ1v) is 8.97. The van der Waals surface area contributed by atoms with Crippen LogP contribution in [-0.4, -0.2) is 48.3 Å². The van der Waals surface area contributed by atoms with E-state index >= 15 is 0 Å². The van der Waals surface area contributed by atoms with E-state index in [-0.39, 0.29) is 30.7 Å². The molecule has 1 aromatic heterocycles. The molecule has 2 heterocycles. The number of benzene rings is 1. The Bertz CT molecular complexity index is 849. The molecular formula is C20H21F3N2O3. The molecule has 8 heteroatoms. The van der Waals surface area contributed by atoms with Crippen LogP contribution in [0, 0.1) is 5.92 Å². The number of carbonyl (C=O) groups is 2. The zero-order valence-corrected chi connectivity index (χ0v) is 15.6. The largest absolute Gasteiger partial charge is 0.459 e. The van der Waals surface area contributed by atoms with Crippen LogP contribution in [0.5, 0.6) is 0 Å². The van der Waals surface area contributed by atoms with Gasteiger partial charge in [0.15, 0.2) is 5.76 Å². The van der Waals surface area contributed by atoms with Crippen LogP contribution >= 0.6 is 0 Å². The van der Waals surface area contributed by atoms with Gasteiger partial charge in [-0.2, -0.15) is 13.2 Å².